The van der Waals surface area contributed by atoms with Gasteiger partial charge in [-0.15, -0.1) is 0 Å². The predicted octanol–water partition coefficient (Wildman–Crippen LogP) is 3.41. The number of hydrogen-bond acceptors (Lipinski definition) is 3. The van der Waals surface area contributed by atoms with E-state index in [0.29, 0.717) is 6.04 Å². The number of nitrogens with one attached hydrogen (secondary N) is 1. The summed E-state index contributed by atoms with van der Waals surface area (Å²) in [5.74, 6) is 1.01. The Kier molecular flexibility index (Phi) is 3.95. The molecule has 2 nitrogen and oxygen atoms in total. The van der Waals surface area contributed by atoms with E-state index < -0.39 is 0 Å². The molecular formula is C16H23FN2S. The van der Waals surface area contributed by atoms with Crippen LogP contribution in [0.1, 0.15) is 32.3 Å². The molecule has 0 unspecified atom stereocenters. The van der Waals surface area contributed by atoms with Gasteiger partial charge in [0.15, 0.2) is 0 Å². The first-order chi connectivity index (χ1) is 9.53. The number of thioether (sulfide) groups is 1. The van der Waals surface area contributed by atoms with Gasteiger partial charge in [-0.05, 0) is 50.5 Å². The van der Waals surface area contributed by atoms with E-state index in [1.165, 1.54) is 18.5 Å². The second-order valence-corrected chi connectivity index (χ2v) is 8.26. The van der Waals surface area contributed by atoms with Crippen LogP contribution in [0.3, 0.4) is 0 Å². The molecule has 1 heterocycles. The van der Waals surface area contributed by atoms with Crippen molar-refractivity contribution in [3.63, 3.8) is 0 Å². The van der Waals surface area contributed by atoms with Crippen molar-refractivity contribution in [3.8, 4) is 0 Å². The smallest absolute Gasteiger partial charge is 0.123 e. The molecular weight excluding hydrogens is 271 g/mol. The zero-order valence-corrected chi connectivity index (χ0v) is 13.1. The highest BCUT2D eigenvalue weighted by molar-refractivity contribution is 8.00. The van der Waals surface area contributed by atoms with Crippen LogP contribution >= 0.6 is 11.8 Å². The third-order valence-electron chi connectivity index (χ3n) is 3.97. The Morgan fingerprint density at radius 1 is 1.40 bits per heavy atom. The van der Waals surface area contributed by atoms with E-state index in [0.717, 1.165) is 31.0 Å². The first kappa shape index (κ1) is 14.2. The Balaban J connectivity index is 1.79. The van der Waals surface area contributed by atoms with Gasteiger partial charge < -0.3 is 10.2 Å². The van der Waals surface area contributed by atoms with Gasteiger partial charge in [0, 0.05) is 41.9 Å². The molecule has 2 aliphatic rings. The van der Waals surface area contributed by atoms with E-state index in [2.05, 4.69) is 24.1 Å². The summed E-state index contributed by atoms with van der Waals surface area (Å²) in [7, 11) is 0. The Labute approximate surface area is 125 Å². The molecule has 0 spiro atoms. The van der Waals surface area contributed by atoms with Gasteiger partial charge in [0.1, 0.15) is 5.82 Å². The van der Waals surface area contributed by atoms with Crippen LogP contribution < -0.4 is 10.2 Å². The summed E-state index contributed by atoms with van der Waals surface area (Å²) in [6.07, 6.45) is 2.52. The van der Waals surface area contributed by atoms with Crippen LogP contribution in [0.4, 0.5) is 10.1 Å². The van der Waals surface area contributed by atoms with Crippen LogP contribution in [-0.4, -0.2) is 29.6 Å². The number of benzene rings is 1. The number of nitrogens with zero attached hydrogens (tertiary/aromatic N) is 1. The van der Waals surface area contributed by atoms with Crippen molar-refractivity contribution in [3.05, 3.63) is 29.6 Å². The molecule has 2 fully saturated rings. The van der Waals surface area contributed by atoms with Crippen molar-refractivity contribution in [1.82, 2.24) is 5.32 Å². The van der Waals surface area contributed by atoms with Gasteiger partial charge in [-0.2, -0.15) is 11.8 Å². The Bertz CT molecular complexity index is 485. The van der Waals surface area contributed by atoms with E-state index in [9.17, 15) is 4.39 Å². The zero-order chi connectivity index (χ0) is 14.2. The summed E-state index contributed by atoms with van der Waals surface area (Å²) in [6.45, 7) is 7.43. The Morgan fingerprint density at radius 3 is 2.90 bits per heavy atom. The molecule has 1 saturated carbocycles. The van der Waals surface area contributed by atoms with E-state index >= 15 is 0 Å². The molecule has 20 heavy (non-hydrogen) atoms. The molecule has 1 aliphatic heterocycles. The van der Waals surface area contributed by atoms with Crippen molar-refractivity contribution in [2.75, 3.05) is 23.7 Å². The van der Waals surface area contributed by atoms with Crippen molar-refractivity contribution < 1.29 is 4.39 Å². The minimum Gasteiger partial charge on any atom is -0.369 e. The second-order valence-electron chi connectivity index (χ2n) is 6.46. The van der Waals surface area contributed by atoms with E-state index in [4.69, 9.17) is 0 Å². The van der Waals surface area contributed by atoms with Crippen LogP contribution in [0.5, 0.6) is 0 Å². The predicted molar refractivity (Wildman–Crippen MR) is 85.0 cm³/mol. The fourth-order valence-corrected chi connectivity index (χ4v) is 3.88. The number of rotatable bonds is 4. The van der Waals surface area contributed by atoms with Crippen LogP contribution in [0, 0.1) is 5.82 Å². The topological polar surface area (TPSA) is 15.3 Å². The minimum atomic E-state index is -0.132. The second kappa shape index (κ2) is 5.57. The summed E-state index contributed by atoms with van der Waals surface area (Å²) in [5.41, 5.74) is 2.30. The SMILES string of the molecule is CC1(C)CN(c2ccc(F)cc2CNC2CC2)CCS1. The lowest BCUT2D eigenvalue weighted by molar-refractivity contribution is 0.613. The quantitative estimate of drug-likeness (QED) is 0.916. The van der Waals surface area contributed by atoms with Gasteiger partial charge in [0.05, 0.1) is 0 Å². The molecule has 1 aliphatic carbocycles. The lowest BCUT2D eigenvalue weighted by atomic mass is 10.1. The maximum atomic E-state index is 13.6. The van der Waals surface area contributed by atoms with Gasteiger partial charge >= 0.3 is 0 Å². The van der Waals surface area contributed by atoms with Crippen LogP contribution in [-0.2, 0) is 6.54 Å². The Morgan fingerprint density at radius 2 is 2.20 bits per heavy atom. The van der Waals surface area contributed by atoms with Gasteiger partial charge in [-0.3, -0.25) is 0 Å². The fourth-order valence-electron chi connectivity index (χ4n) is 2.77. The molecule has 0 aromatic heterocycles. The third-order valence-corrected chi connectivity index (χ3v) is 5.26. The highest BCUT2D eigenvalue weighted by atomic mass is 32.2. The van der Waals surface area contributed by atoms with Crippen molar-refractivity contribution in [2.24, 2.45) is 0 Å². The normalized spacial score (nSPS) is 22.1. The largest absolute Gasteiger partial charge is 0.369 e. The number of hydrogen-bond donors (Lipinski definition) is 1. The van der Waals surface area contributed by atoms with Crippen molar-refractivity contribution in [2.45, 2.75) is 44.0 Å². The molecule has 1 saturated heterocycles. The molecule has 110 valence electrons. The Hall–Kier alpha value is -0.740. The molecule has 3 rings (SSSR count). The van der Waals surface area contributed by atoms with Gasteiger partial charge in [-0.1, -0.05) is 0 Å². The summed E-state index contributed by atoms with van der Waals surface area (Å²) >= 11 is 2.02. The van der Waals surface area contributed by atoms with Crippen molar-refractivity contribution in [1.29, 1.82) is 0 Å². The zero-order valence-electron chi connectivity index (χ0n) is 12.3. The van der Waals surface area contributed by atoms with Gasteiger partial charge in [-0.25, -0.2) is 4.39 Å². The van der Waals surface area contributed by atoms with Gasteiger partial charge in [0.25, 0.3) is 0 Å². The average molecular weight is 294 g/mol. The monoisotopic (exact) mass is 294 g/mol. The maximum absolute atomic E-state index is 13.6. The first-order valence-corrected chi connectivity index (χ1v) is 8.43. The highest BCUT2D eigenvalue weighted by Gasteiger charge is 2.28. The molecule has 4 heteroatoms. The lowest BCUT2D eigenvalue weighted by Gasteiger charge is -2.39. The standard InChI is InChI=1S/C16H23FN2S/c1-16(2)11-19(7-8-20-16)15-6-3-13(17)9-12(15)10-18-14-4-5-14/h3,6,9,14,18H,4-5,7-8,10-11H2,1-2H3. The van der Waals surface area contributed by atoms with E-state index in [-0.39, 0.29) is 10.6 Å². The molecule has 1 aromatic carbocycles. The van der Waals surface area contributed by atoms with Crippen LogP contribution in [0.25, 0.3) is 0 Å². The van der Waals surface area contributed by atoms with Crippen molar-refractivity contribution >= 4 is 17.4 Å². The van der Waals surface area contributed by atoms with Crippen LogP contribution in [0.15, 0.2) is 18.2 Å². The molecule has 1 aromatic rings. The number of anilines is 1. The first-order valence-electron chi connectivity index (χ1n) is 7.44. The molecule has 0 amide bonds. The van der Waals surface area contributed by atoms with Crippen LogP contribution in [0.2, 0.25) is 0 Å². The molecule has 0 atom stereocenters. The van der Waals surface area contributed by atoms with Gasteiger partial charge in [0.2, 0.25) is 0 Å². The fraction of sp³-hybridized carbons (Fsp3) is 0.625. The molecule has 0 bridgehead atoms. The third kappa shape index (κ3) is 3.47. The van der Waals surface area contributed by atoms with E-state index in [1.54, 1.807) is 12.1 Å². The highest BCUT2D eigenvalue weighted by Crippen LogP contribution is 2.34. The summed E-state index contributed by atoms with van der Waals surface area (Å²) < 4.78 is 13.8. The van der Waals surface area contributed by atoms with E-state index in [1.807, 2.05) is 17.8 Å². The molecule has 0 radical (unpaired) electrons. The minimum absolute atomic E-state index is 0.132. The average Bonchev–Trinajstić information content (AvgIpc) is 3.19. The summed E-state index contributed by atoms with van der Waals surface area (Å²) in [6, 6.07) is 5.88. The molecule has 1 N–H and O–H groups in total. The maximum Gasteiger partial charge on any atom is 0.123 e. The summed E-state index contributed by atoms with van der Waals surface area (Å²) in [5, 5.41) is 3.50. The number of halogens is 1. The lowest BCUT2D eigenvalue weighted by Crippen LogP contribution is -2.43. The summed E-state index contributed by atoms with van der Waals surface area (Å²) in [4.78, 5) is 2.42.